The van der Waals surface area contributed by atoms with E-state index in [4.69, 9.17) is 0 Å². The Morgan fingerprint density at radius 3 is 2.53 bits per heavy atom. The quantitative estimate of drug-likeness (QED) is 0.826. The van der Waals surface area contributed by atoms with Crippen molar-refractivity contribution in [2.24, 2.45) is 7.05 Å². The van der Waals surface area contributed by atoms with Crippen molar-refractivity contribution in [2.75, 3.05) is 31.4 Å². The Balaban J connectivity index is 2.54. The molecule has 90 valence electrons. The highest BCUT2D eigenvalue weighted by Crippen LogP contribution is 2.17. The van der Waals surface area contributed by atoms with E-state index in [1.54, 1.807) is 17.9 Å². The van der Waals surface area contributed by atoms with Crippen molar-refractivity contribution in [1.82, 2.24) is 24.7 Å². The zero-order valence-electron chi connectivity index (χ0n) is 10.3. The Morgan fingerprint density at radius 1 is 1.24 bits per heavy atom. The van der Waals surface area contributed by atoms with Gasteiger partial charge in [-0.25, -0.2) is 0 Å². The van der Waals surface area contributed by atoms with Crippen LogP contribution in [0.2, 0.25) is 0 Å². The van der Waals surface area contributed by atoms with Crippen LogP contribution in [0.3, 0.4) is 0 Å². The number of rotatable bonds is 3. The lowest BCUT2D eigenvalue weighted by Gasteiger charge is -2.12. The molecule has 7 heteroatoms. The molecule has 0 atom stereocenters. The average molecular weight is 233 g/mol. The first-order valence-electron chi connectivity index (χ1n) is 5.21. The smallest absolute Gasteiger partial charge is 0.230 e. The van der Waals surface area contributed by atoms with E-state index >= 15 is 0 Å². The fourth-order valence-electron chi connectivity index (χ4n) is 1.38. The third-order valence-electron chi connectivity index (χ3n) is 2.30. The minimum Gasteiger partial charge on any atom is -0.357 e. The second-order valence-electron chi connectivity index (χ2n) is 3.77. The summed E-state index contributed by atoms with van der Waals surface area (Å²) in [6.07, 6.45) is 1.72. The molecule has 0 bridgehead atoms. The molecule has 2 aromatic rings. The molecule has 1 N–H and O–H groups in total. The van der Waals surface area contributed by atoms with Crippen molar-refractivity contribution in [1.29, 1.82) is 0 Å². The van der Waals surface area contributed by atoms with Crippen molar-refractivity contribution in [2.45, 2.75) is 0 Å². The molecular weight excluding hydrogens is 218 g/mol. The molecule has 2 heterocycles. The summed E-state index contributed by atoms with van der Waals surface area (Å²) in [6, 6.07) is 1.87. The summed E-state index contributed by atoms with van der Waals surface area (Å²) in [6.45, 7) is 0. The molecular formula is C10H15N7. The van der Waals surface area contributed by atoms with Crippen LogP contribution >= 0.6 is 0 Å². The van der Waals surface area contributed by atoms with Gasteiger partial charge in [0.05, 0.1) is 0 Å². The predicted molar refractivity (Wildman–Crippen MR) is 65.9 cm³/mol. The fraction of sp³-hybridized carbons (Fsp3) is 0.400. The Labute approximate surface area is 99.5 Å². The Bertz CT molecular complexity index is 517. The number of anilines is 2. The van der Waals surface area contributed by atoms with E-state index in [2.05, 4.69) is 25.4 Å². The molecule has 0 amide bonds. The van der Waals surface area contributed by atoms with Crippen LogP contribution in [0.4, 0.5) is 11.9 Å². The van der Waals surface area contributed by atoms with Gasteiger partial charge in [-0.15, -0.1) is 0 Å². The summed E-state index contributed by atoms with van der Waals surface area (Å²) < 4.78 is 1.73. The molecule has 2 rings (SSSR count). The third kappa shape index (κ3) is 2.17. The lowest BCUT2D eigenvalue weighted by atomic mass is 10.4. The standard InChI is InChI=1S/C10H15N7/c1-11-9-13-8(7-5-6-12-17(7)4)14-10(15-9)16(2)3/h5-6H,1-4H3,(H,11,13,14,15). The van der Waals surface area contributed by atoms with Gasteiger partial charge >= 0.3 is 0 Å². The summed E-state index contributed by atoms with van der Waals surface area (Å²) in [4.78, 5) is 14.8. The number of nitrogens with zero attached hydrogens (tertiary/aromatic N) is 6. The molecule has 0 spiro atoms. The second-order valence-corrected chi connectivity index (χ2v) is 3.77. The molecule has 0 aliphatic carbocycles. The van der Waals surface area contributed by atoms with Gasteiger partial charge in [-0.2, -0.15) is 20.1 Å². The largest absolute Gasteiger partial charge is 0.357 e. The Kier molecular flexibility index (Phi) is 2.90. The number of aromatic nitrogens is 5. The normalized spacial score (nSPS) is 10.4. The van der Waals surface area contributed by atoms with Gasteiger partial charge in [0.15, 0.2) is 5.82 Å². The van der Waals surface area contributed by atoms with Crippen LogP contribution in [0.1, 0.15) is 0 Å². The highest BCUT2D eigenvalue weighted by Gasteiger charge is 2.11. The van der Waals surface area contributed by atoms with Crippen LogP contribution in [0, 0.1) is 0 Å². The number of nitrogens with one attached hydrogen (secondary N) is 1. The molecule has 0 unspecified atom stereocenters. The van der Waals surface area contributed by atoms with Gasteiger partial charge in [0.1, 0.15) is 5.69 Å². The summed E-state index contributed by atoms with van der Waals surface area (Å²) in [7, 11) is 7.42. The molecule has 0 saturated heterocycles. The van der Waals surface area contributed by atoms with Crippen molar-refractivity contribution in [3.63, 3.8) is 0 Å². The molecule has 0 radical (unpaired) electrons. The molecule has 0 aliphatic heterocycles. The maximum absolute atomic E-state index is 4.39. The topological polar surface area (TPSA) is 71.8 Å². The fourth-order valence-corrected chi connectivity index (χ4v) is 1.38. The number of hydrogen-bond acceptors (Lipinski definition) is 6. The SMILES string of the molecule is CNc1nc(-c2ccnn2C)nc(N(C)C)n1. The van der Waals surface area contributed by atoms with Crippen molar-refractivity contribution < 1.29 is 0 Å². The van der Waals surface area contributed by atoms with E-state index in [1.165, 1.54) is 0 Å². The maximum Gasteiger partial charge on any atom is 0.230 e. The van der Waals surface area contributed by atoms with Crippen molar-refractivity contribution >= 4 is 11.9 Å². The minimum absolute atomic E-state index is 0.542. The van der Waals surface area contributed by atoms with Crippen LogP contribution in [-0.2, 0) is 7.05 Å². The highest BCUT2D eigenvalue weighted by molar-refractivity contribution is 5.53. The van der Waals surface area contributed by atoms with Gasteiger partial charge in [0.25, 0.3) is 0 Å². The van der Waals surface area contributed by atoms with Crippen LogP contribution in [0.5, 0.6) is 0 Å². The van der Waals surface area contributed by atoms with Crippen molar-refractivity contribution in [3.8, 4) is 11.5 Å². The maximum atomic E-state index is 4.39. The third-order valence-corrected chi connectivity index (χ3v) is 2.30. The van der Waals surface area contributed by atoms with E-state index < -0.39 is 0 Å². The first kappa shape index (κ1) is 11.3. The van der Waals surface area contributed by atoms with E-state index in [9.17, 15) is 0 Å². The van der Waals surface area contributed by atoms with Crippen LogP contribution in [0.25, 0.3) is 11.5 Å². The van der Waals surface area contributed by atoms with Crippen LogP contribution in [-0.4, -0.2) is 45.9 Å². The van der Waals surface area contributed by atoms with E-state index in [-0.39, 0.29) is 0 Å². The van der Waals surface area contributed by atoms with Gasteiger partial charge in [-0.3, -0.25) is 4.68 Å². The minimum atomic E-state index is 0.542. The molecule has 7 nitrogen and oxygen atoms in total. The van der Waals surface area contributed by atoms with E-state index in [0.717, 1.165) is 5.69 Å². The summed E-state index contributed by atoms with van der Waals surface area (Å²) in [5.41, 5.74) is 0.854. The molecule has 0 aromatic carbocycles. The van der Waals surface area contributed by atoms with Gasteiger partial charge < -0.3 is 10.2 Å². The van der Waals surface area contributed by atoms with Gasteiger partial charge in [0.2, 0.25) is 11.9 Å². The molecule has 2 aromatic heterocycles. The number of hydrogen-bond donors (Lipinski definition) is 1. The number of aryl methyl sites for hydroxylation is 1. The first-order valence-corrected chi connectivity index (χ1v) is 5.21. The van der Waals surface area contributed by atoms with Gasteiger partial charge in [-0.1, -0.05) is 0 Å². The summed E-state index contributed by atoms with van der Waals surface area (Å²) in [5.74, 6) is 1.76. The molecule has 0 aliphatic rings. The lowest BCUT2D eigenvalue weighted by Crippen LogP contribution is -2.15. The first-order chi connectivity index (χ1) is 8.11. The lowest BCUT2D eigenvalue weighted by molar-refractivity contribution is 0.768. The Hall–Kier alpha value is -2.18. The van der Waals surface area contributed by atoms with Crippen LogP contribution < -0.4 is 10.2 Å². The van der Waals surface area contributed by atoms with Gasteiger partial charge in [0, 0.05) is 34.4 Å². The van der Waals surface area contributed by atoms with E-state index in [1.807, 2.05) is 32.1 Å². The summed E-state index contributed by atoms with van der Waals surface area (Å²) in [5, 5.41) is 7.03. The average Bonchev–Trinajstić information content (AvgIpc) is 2.74. The predicted octanol–water partition coefficient (Wildman–Crippen LogP) is 0.380. The van der Waals surface area contributed by atoms with Gasteiger partial charge in [-0.05, 0) is 6.07 Å². The zero-order valence-corrected chi connectivity index (χ0v) is 10.3. The molecule has 17 heavy (non-hydrogen) atoms. The summed E-state index contributed by atoms with van der Waals surface area (Å²) >= 11 is 0. The highest BCUT2D eigenvalue weighted by atomic mass is 15.3. The molecule has 0 fully saturated rings. The van der Waals surface area contributed by atoms with Crippen molar-refractivity contribution in [3.05, 3.63) is 12.3 Å². The monoisotopic (exact) mass is 233 g/mol. The second kappa shape index (κ2) is 4.36. The Morgan fingerprint density at radius 2 is 2.00 bits per heavy atom. The van der Waals surface area contributed by atoms with Crippen LogP contribution in [0.15, 0.2) is 12.3 Å². The zero-order chi connectivity index (χ0) is 12.4. The molecule has 0 saturated carbocycles. The van der Waals surface area contributed by atoms with E-state index in [0.29, 0.717) is 17.7 Å².